The number of rotatable bonds is 11. The summed E-state index contributed by atoms with van der Waals surface area (Å²) in [5.74, 6) is 0.736. The van der Waals surface area contributed by atoms with Crippen LogP contribution >= 0.6 is 22.9 Å². The fourth-order valence-electron chi connectivity index (χ4n) is 4.28. The summed E-state index contributed by atoms with van der Waals surface area (Å²) in [5.41, 5.74) is 3.00. The van der Waals surface area contributed by atoms with Gasteiger partial charge in [-0.1, -0.05) is 30.7 Å². The summed E-state index contributed by atoms with van der Waals surface area (Å²) in [5, 5.41) is 8.48. The lowest BCUT2D eigenvalue weighted by atomic mass is 10.1. The summed E-state index contributed by atoms with van der Waals surface area (Å²) in [7, 11) is -3.18. The highest BCUT2D eigenvalue weighted by atomic mass is 35.5. The first-order valence-electron chi connectivity index (χ1n) is 12.7. The average molecular weight is 612 g/mol. The number of nitrogens with zero attached hydrogens (tertiary/aromatic N) is 3. The third-order valence-corrected chi connectivity index (χ3v) is 8.54. The highest BCUT2D eigenvalue weighted by Crippen LogP contribution is 2.34. The molecule has 5 aromatic rings. The Morgan fingerprint density at radius 3 is 2.68 bits per heavy atom. The zero-order chi connectivity index (χ0) is 29.0. The second kappa shape index (κ2) is 12.5. The van der Waals surface area contributed by atoms with Crippen molar-refractivity contribution in [2.75, 3.05) is 23.9 Å². The van der Waals surface area contributed by atoms with E-state index in [1.807, 2.05) is 31.2 Å². The Bertz CT molecular complexity index is 1800. The minimum Gasteiger partial charge on any atom is -0.487 e. The van der Waals surface area contributed by atoms with Gasteiger partial charge in [0.05, 0.1) is 22.3 Å². The molecule has 8 nitrogen and oxygen atoms in total. The number of fused-ring (bicyclic) bond motifs is 1. The topological polar surface area (TPSA) is 106 Å². The van der Waals surface area contributed by atoms with Crippen LogP contribution in [0.1, 0.15) is 23.4 Å². The molecule has 212 valence electrons. The van der Waals surface area contributed by atoms with E-state index in [-0.39, 0.29) is 24.2 Å². The van der Waals surface area contributed by atoms with Gasteiger partial charge in [-0.3, -0.25) is 0 Å². The Labute approximate surface area is 246 Å². The van der Waals surface area contributed by atoms with E-state index < -0.39 is 9.84 Å². The van der Waals surface area contributed by atoms with Crippen LogP contribution in [0.4, 0.5) is 15.9 Å². The van der Waals surface area contributed by atoms with Crippen molar-refractivity contribution in [3.63, 3.8) is 0 Å². The monoisotopic (exact) mass is 611 g/mol. The second-order valence-electron chi connectivity index (χ2n) is 9.41. The van der Waals surface area contributed by atoms with Gasteiger partial charge in [-0.2, -0.15) is 0 Å². The standard InChI is InChI=1S/C29H27ClFN5O3S2/c1-3-32-25(16-41(2,37)38)27-14-33-29(40-27)19-7-9-24-22(12-19)28(35-17-34-24)36-21-8-10-26(23(30)13-21)39-15-18-5-4-6-20(31)11-18/h4-14,17,25,32H,3,15-16H2,1-2H3,(H,34,35,36). The molecule has 0 radical (unpaired) electrons. The van der Waals surface area contributed by atoms with Crippen LogP contribution in [0.5, 0.6) is 5.75 Å². The number of hydrogen-bond acceptors (Lipinski definition) is 9. The first-order valence-corrected chi connectivity index (χ1v) is 16.0. The second-order valence-corrected chi connectivity index (χ2v) is 13.1. The minimum absolute atomic E-state index is 0.000697. The van der Waals surface area contributed by atoms with Crippen LogP contribution in [0.15, 0.2) is 73.2 Å². The van der Waals surface area contributed by atoms with Gasteiger partial charge in [0.2, 0.25) is 0 Å². The summed E-state index contributed by atoms with van der Waals surface area (Å²) < 4.78 is 43.1. The quantitative estimate of drug-likeness (QED) is 0.173. The molecule has 1 unspecified atom stereocenters. The lowest BCUT2D eigenvalue weighted by molar-refractivity contribution is 0.306. The van der Waals surface area contributed by atoms with E-state index in [1.165, 1.54) is 36.1 Å². The maximum absolute atomic E-state index is 13.5. The molecule has 5 rings (SSSR count). The molecule has 0 saturated heterocycles. The van der Waals surface area contributed by atoms with Gasteiger partial charge in [0.25, 0.3) is 0 Å². The van der Waals surface area contributed by atoms with Gasteiger partial charge in [0.1, 0.15) is 45.2 Å². The van der Waals surface area contributed by atoms with Crippen molar-refractivity contribution < 1.29 is 17.5 Å². The fraction of sp³-hybridized carbons (Fsp3) is 0.207. The molecule has 1 atom stereocenters. The van der Waals surface area contributed by atoms with Crippen molar-refractivity contribution in [2.45, 2.75) is 19.6 Å². The van der Waals surface area contributed by atoms with Gasteiger partial charge in [-0.25, -0.2) is 27.8 Å². The number of benzene rings is 3. The summed E-state index contributed by atoms with van der Waals surface area (Å²) in [6.45, 7) is 2.77. The Kier molecular flexibility index (Phi) is 8.79. The largest absolute Gasteiger partial charge is 0.487 e. The van der Waals surface area contributed by atoms with Crippen molar-refractivity contribution in [1.82, 2.24) is 20.3 Å². The van der Waals surface area contributed by atoms with Crippen LogP contribution in [0.2, 0.25) is 5.02 Å². The minimum atomic E-state index is -3.18. The Morgan fingerprint density at radius 2 is 1.93 bits per heavy atom. The smallest absolute Gasteiger partial charge is 0.149 e. The lowest BCUT2D eigenvalue weighted by Crippen LogP contribution is -2.26. The van der Waals surface area contributed by atoms with Crippen LogP contribution in [0, 0.1) is 5.82 Å². The average Bonchev–Trinajstić information content (AvgIpc) is 3.42. The molecule has 0 aliphatic rings. The Balaban J connectivity index is 1.37. The molecule has 2 heterocycles. The number of aromatic nitrogens is 3. The summed E-state index contributed by atoms with van der Waals surface area (Å²) >= 11 is 7.93. The Morgan fingerprint density at radius 1 is 1.07 bits per heavy atom. The zero-order valence-electron chi connectivity index (χ0n) is 22.3. The molecule has 41 heavy (non-hydrogen) atoms. The van der Waals surface area contributed by atoms with E-state index in [4.69, 9.17) is 16.3 Å². The maximum Gasteiger partial charge on any atom is 0.149 e. The van der Waals surface area contributed by atoms with E-state index >= 15 is 0 Å². The highest BCUT2D eigenvalue weighted by molar-refractivity contribution is 7.90. The van der Waals surface area contributed by atoms with Crippen molar-refractivity contribution in [1.29, 1.82) is 0 Å². The number of thiazole rings is 1. The van der Waals surface area contributed by atoms with Crippen molar-refractivity contribution >= 4 is 55.2 Å². The van der Waals surface area contributed by atoms with E-state index in [0.29, 0.717) is 34.4 Å². The number of ether oxygens (including phenoxy) is 1. The lowest BCUT2D eigenvalue weighted by Gasteiger charge is -2.14. The number of nitrogens with one attached hydrogen (secondary N) is 2. The normalized spacial score (nSPS) is 12.4. The molecule has 12 heteroatoms. The number of halogens is 2. The van der Waals surface area contributed by atoms with Crippen molar-refractivity contribution in [3.8, 4) is 16.3 Å². The van der Waals surface area contributed by atoms with Gasteiger partial charge in [0, 0.05) is 34.0 Å². The molecule has 0 aliphatic heterocycles. The molecule has 0 saturated carbocycles. The fourth-order valence-corrected chi connectivity index (χ4v) is 6.51. The molecule has 3 aromatic carbocycles. The van der Waals surface area contributed by atoms with Gasteiger partial charge in [-0.15, -0.1) is 11.3 Å². The predicted molar refractivity (Wildman–Crippen MR) is 162 cm³/mol. The van der Waals surface area contributed by atoms with Crippen LogP contribution in [-0.4, -0.2) is 41.9 Å². The Hall–Kier alpha value is -3.64. The van der Waals surface area contributed by atoms with Crippen LogP contribution in [0.3, 0.4) is 0 Å². The first-order chi connectivity index (χ1) is 19.7. The van der Waals surface area contributed by atoms with E-state index in [2.05, 4.69) is 25.6 Å². The SMILES string of the molecule is CCNC(CS(C)(=O)=O)c1cnc(-c2ccc3ncnc(Nc4ccc(OCc5cccc(F)c5)c(Cl)c4)c3c2)s1. The van der Waals surface area contributed by atoms with E-state index in [9.17, 15) is 12.8 Å². The molecule has 0 fully saturated rings. The van der Waals surface area contributed by atoms with Crippen LogP contribution in [-0.2, 0) is 16.4 Å². The molecule has 2 N–H and O–H groups in total. The van der Waals surface area contributed by atoms with Gasteiger partial charge >= 0.3 is 0 Å². The van der Waals surface area contributed by atoms with Gasteiger partial charge in [0.15, 0.2) is 0 Å². The van der Waals surface area contributed by atoms with Gasteiger partial charge < -0.3 is 15.4 Å². The number of hydrogen-bond donors (Lipinski definition) is 2. The molecule has 0 spiro atoms. The molecular weight excluding hydrogens is 585 g/mol. The third-order valence-electron chi connectivity index (χ3n) is 6.15. The van der Waals surface area contributed by atoms with Gasteiger partial charge in [-0.05, 0) is 60.6 Å². The van der Waals surface area contributed by atoms with Crippen LogP contribution in [0.25, 0.3) is 21.5 Å². The summed E-state index contributed by atoms with van der Waals surface area (Å²) in [6.07, 6.45) is 4.44. The van der Waals surface area contributed by atoms with Crippen molar-refractivity contribution in [2.24, 2.45) is 0 Å². The molecule has 0 amide bonds. The summed E-state index contributed by atoms with van der Waals surface area (Å²) in [4.78, 5) is 14.3. The third kappa shape index (κ3) is 7.36. The zero-order valence-corrected chi connectivity index (χ0v) is 24.7. The van der Waals surface area contributed by atoms with E-state index in [0.717, 1.165) is 26.4 Å². The first kappa shape index (κ1) is 28.9. The number of anilines is 2. The highest BCUT2D eigenvalue weighted by Gasteiger charge is 2.20. The van der Waals surface area contributed by atoms with E-state index in [1.54, 1.807) is 30.5 Å². The maximum atomic E-state index is 13.5. The molecule has 2 aromatic heterocycles. The molecule has 0 aliphatic carbocycles. The summed E-state index contributed by atoms with van der Waals surface area (Å²) in [6, 6.07) is 17.0. The van der Waals surface area contributed by atoms with Crippen molar-refractivity contribution in [3.05, 3.63) is 94.5 Å². The molecule has 0 bridgehead atoms. The van der Waals surface area contributed by atoms with Crippen LogP contribution < -0.4 is 15.4 Å². The molecular formula is C29H27ClFN5O3S2. The predicted octanol–water partition coefficient (Wildman–Crippen LogP) is 6.56. The number of sulfone groups is 1.